The summed E-state index contributed by atoms with van der Waals surface area (Å²) in [7, 11) is 0. The number of benzene rings is 2. The quantitative estimate of drug-likeness (QED) is 0.396. The molecule has 1 aliphatic heterocycles. The third-order valence-electron chi connectivity index (χ3n) is 5.74. The second-order valence-corrected chi connectivity index (χ2v) is 7.96. The fourth-order valence-corrected chi connectivity index (χ4v) is 3.98. The zero-order valence-electron chi connectivity index (χ0n) is 17.0. The van der Waals surface area contributed by atoms with Gasteiger partial charge in [0.2, 0.25) is 0 Å². The van der Waals surface area contributed by atoms with Gasteiger partial charge < -0.3 is 21.0 Å². The summed E-state index contributed by atoms with van der Waals surface area (Å²) < 4.78 is 0. The van der Waals surface area contributed by atoms with Crippen LogP contribution in [-0.4, -0.2) is 26.5 Å². The van der Waals surface area contributed by atoms with E-state index in [1.807, 2.05) is 19.3 Å². The number of aromatic nitrogens is 4. The van der Waals surface area contributed by atoms with Gasteiger partial charge in [0.15, 0.2) is 0 Å². The first-order chi connectivity index (χ1) is 14.7. The van der Waals surface area contributed by atoms with Crippen LogP contribution in [0.4, 0.5) is 0 Å². The van der Waals surface area contributed by atoms with E-state index in [1.54, 1.807) is 0 Å². The molecule has 0 spiro atoms. The second kappa shape index (κ2) is 7.89. The smallest absolute Gasteiger partial charge is 0.123 e. The average molecular weight is 399 g/mol. The first-order valence-corrected chi connectivity index (χ1v) is 10.5. The second-order valence-electron chi connectivity index (χ2n) is 7.96. The normalized spacial score (nSPS) is 17.3. The number of H-pyrrole nitrogens is 2. The highest BCUT2D eigenvalue weighted by atomic mass is 15.0. The number of nitrogens with two attached hydrogens (primary N) is 1. The maximum atomic E-state index is 5.89. The number of nitrogens with zero attached hydrogens (tertiary/aromatic N) is 2. The molecule has 2 aromatic heterocycles. The molecule has 1 saturated heterocycles. The van der Waals surface area contributed by atoms with Crippen molar-refractivity contribution in [3.8, 4) is 33.6 Å². The predicted octanol–water partition coefficient (Wildman–Crippen LogP) is 4.58. The summed E-state index contributed by atoms with van der Waals surface area (Å²) in [5, 5.41) is 3.49. The van der Waals surface area contributed by atoms with Gasteiger partial charge in [0.25, 0.3) is 0 Å². The molecule has 6 nitrogen and oxygen atoms in total. The van der Waals surface area contributed by atoms with E-state index >= 15 is 0 Å². The molecule has 1 aliphatic rings. The molecular weight excluding hydrogens is 372 g/mol. The summed E-state index contributed by atoms with van der Waals surface area (Å²) in [6.07, 6.45) is 6.12. The highest BCUT2D eigenvalue weighted by Gasteiger charge is 2.19. The molecule has 2 atom stereocenters. The highest BCUT2D eigenvalue weighted by Crippen LogP contribution is 2.28. The van der Waals surface area contributed by atoms with Gasteiger partial charge in [-0.3, -0.25) is 0 Å². The van der Waals surface area contributed by atoms with E-state index in [-0.39, 0.29) is 6.04 Å². The fourth-order valence-electron chi connectivity index (χ4n) is 3.98. The number of rotatable bonds is 5. The van der Waals surface area contributed by atoms with E-state index in [2.05, 4.69) is 73.8 Å². The van der Waals surface area contributed by atoms with Gasteiger partial charge in [-0.2, -0.15) is 0 Å². The Hall–Kier alpha value is -3.22. The zero-order valence-corrected chi connectivity index (χ0v) is 17.0. The summed E-state index contributed by atoms with van der Waals surface area (Å²) in [6, 6.07) is 17.3. The van der Waals surface area contributed by atoms with Gasteiger partial charge in [-0.25, -0.2) is 9.97 Å². The summed E-state index contributed by atoms with van der Waals surface area (Å²) in [4.78, 5) is 15.7. The van der Waals surface area contributed by atoms with Crippen LogP contribution in [0.5, 0.6) is 0 Å². The van der Waals surface area contributed by atoms with Gasteiger partial charge >= 0.3 is 0 Å². The fraction of sp³-hybridized carbons (Fsp3) is 0.250. The number of hydrogen-bond acceptors (Lipinski definition) is 4. The lowest BCUT2D eigenvalue weighted by molar-refractivity contribution is 0.613. The van der Waals surface area contributed by atoms with Crippen LogP contribution in [0, 0.1) is 0 Å². The lowest BCUT2D eigenvalue weighted by atomic mass is 10.0. The molecule has 0 aliphatic carbocycles. The molecule has 0 radical (unpaired) electrons. The maximum absolute atomic E-state index is 5.89. The lowest BCUT2D eigenvalue weighted by Gasteiger charge is -2.06. The Balaban J connectivity index is 1.32. The van der Waals surface area contributed by atoms with Gasteiger partial charge in [0.05, 0.1) is 35.9 Å². The summed E-state index contributed by atoms with van der Waals surface area (Å²) in [6.45, 7) is 2.99. The van der Waals surface area contributed by atoms with Crippen molar-refractivity contribution in [3.63, 3.8) is 0 Å². The molecule has 0 amide bonds. The largest absolute Gasteiger partial charge is 0.341 e. The predicted molar refractivity (Wildman–Crippen MR) is 120 cm³/mol. The van der Waals surface area contributed by atoms with E-state index in [1.165, 1.54) is 17.5 Å². The van der Waals surface area contributed by atoms with E-state index in [4.69, 9.17) is 5.73 Å². The molecule has 30 heavy (non-hydrogen) atoms. The Morgan fingerprint density at radius 3 is 1.93 bits per heavy atom. The van der Waals surface area contributed by atoms with Gasteiger partial charge in [-0.1, -0.05) is 48.5 Å². The molecule has 4 aromatic rings. The van der Waals surface area contributed by atoms with Crippen molar-refractivity contribution in [2.75, 3.05) is 6.54 Å². The Kier molecular flexibility index (Phi) is 4.94. The lowest BCUT2D eigenvalue weighted by Crippen LogP contribution is -2.14. The van der Waals surface area contributed by atoms with Crippen molar-refractivity contribution in [3.05, 3.63) is 72.6 Å². The minimum atomic E-state index is -0.100. The molecule has 3 heterocycles. The third-order valence-corrected chi connectivity index (χ3v) is 5.74. The molecule has 2 aromatic carbocycles. The van der Waals surface area contributed by atoms with Crippen LogP contribution in [0.25, 0.3) is 33.6 Å². The van der Waals surface area contributed by atoms with Crippen LogP contribution in [0.15, 0.2) is 60.9 Å². The van der Waals surface area contributed by atoms with Crippen LogP contribution in [-0.2, 0) is 0 Å². The van der Waals surface area contributed by atoms with Crippen LogP contribution >= 0.6 is 0 Å². The van der Waals surface area contributed by atoms with Gasteiger partial charge in [-0.15, -0.1) is 0 Å². The van der Waals surface area contributed by atoms with Gasteiger partial charge in [0.1, 0.15) is 11.6 Å². The Bertz CT molecular complexity index is 1120. The van der Waals surface area contributed by atoms with E-state index < -0.39 is 0 Å². The van der Waals surface area contributed by atoms with Gasteiger partial charge in [-0.05, 0) is 48.6 Å². The Labute approximate surface area is 176 Å². The summed E-state index contributed by atoms with van der Waals surface area (Å²) in [5.74, 6) is 1.84. The Morgan fingerprint density at radius 1 is 0.833 bits per heavy atom. The zero-order chi connectivity index (χ0) is 20.5. The number of hydrogen-bond donors (Lipinski definition) is 4. The van der Waals surface area contributed by atoms with Crippen molar-refractivity contribution in [1.29, 1.82) is 0 Å². The Morgan fingerprint density at radius 2 is 1.40 bits per heavy atom. The molecule has 0 saturated carbocycles. The first kappa shape index (κ1) is 18.8. The monoisotopic (exact) mass is 398 g/mol. The molecule has 0 bridgehead atoms. The number of aromatic amines is 2. The third kappa shape index (κ3) is 3.67. The van der Waals surface area contributed by atoms with Crippen LogP contribution in [0.3, 0.4) is 0 Å². The molecular formula is C24H26N6. The van der Waals surface area contributed by atoms with Crippen molar-refractivity contribution < 1.29 is 0 Å². The van der Waals surface area contributed by atoms with E-state index in [9.17, 15) is 0 Å². The van der Waals surface area contributed by atoms with Crippen LogP contribution in [0.2, 0.25) is 0 Å². The van der Waals surface area contributed by atoms with Crippen molar-refractivity contribution in [2.24, 2.45) is 5.73 Å². The minimum absolute atomic E-state index is 0.100. The molecule has 1 fully saturated rings. The average Bonchev–Trinajstić information content (AvgIpc) is 3.55. The first-order valence-electron chi connectivity index (χ1n) is 10.5. The van der Waals surface area contributed by atoms with Crippen molar-refractivity contribution in [1.82, 2.24) is 25.3 Å². The molecule has 5 N–H and O–H groups in total. The highest BCUT2D eigenvalue weighted by molar-refractivity contribution is 5.71. The SMILES string of the molecule is C[C@H](N)c1ncc(-c2ccc(-c3ccc(-c4cnc(C5CCCN5)[nH]4)cc3)cc2)[nH]1. The van der Waals surface area contributed by atoms with Crippen molar-refractivity contribution in [2.45, 2.75) is 31.8 Å². The van der Waals surface area contributed by atoms with Crippen LogP contribution < -0.4 is 11.1 Å². The molecule has 1 unspecified atom stereocenters. The summed E-state index contributed by atoms with van der Waals surface area (Å²) in [5.41, 5.74) is 12.5. The van der Waals surface area contributed by atoms with Gasteiger partial charge in [0, 0.05) is 0 Å². The number of imidazole rings is 2. The van der Waals surface area contributed by atoms with E-state index in [0.717, 1.165) is 47.1 Å². The van der Waals surface area contributed by atoms with E-state index in [0.29, 0.717) is 6.04 Å². The van der Waals surface area contributed by atoms with Crippen LogP contribution in [0.1, 0.15) is 43.5 Å². The minimum Gasteiger partial charge on any atom is -0.341 e. The molecule has 6 heteroatoms. The number of nitrogens with one attached hydrogen (secondary N) is 3. The maximum Gasteiger partial charge on any atom is 0.123 e. The standard InChI is InChI=1S/C24H26N6/c1-15(25)23-27-13-21(29-23)18-8-4-16(5-9-18)17-6-10-19(11-7-17)22-14-28-24(30-22)20-3-2-12-26-20/h4-11,13-15,20,26H,2-3,12,25H2,1H3,(H,27,29)(H,28,30)/t15-,20?/m0/s1. The molecule has 5 rings (SSSR count). The topological polar surface area (TPSA) is 95.4 Å². The van der Waals surface area contributed by atoms with Crippen molar-refractivity contribution >= 4 is 0 Å². The summed E-state index contributed by atoms with van der Waals surface area (Å²) >= 11 is 0. The molecule has 152 valence electrons.